The molecule has 8 heteroatoms. The van der Waals surface area contributed by atoms with Crippen molar-refractivity contribution in [3.8, 4) is 11.5 Å². The first-order valence-corrected chi connectivity index (χ1v) is 8.83. The number of aromatic nitrogens is 6. The lowest BCUT2D eigenvalue weighted by Gasteiger charge is -2.10. The minimum atomic E-state index is -0.189. The number of hydrogen-bond donors (Lipinski definition) is 1. The van der Waals surface area contributed by atoms with Crippen LogP contribution in [0.3, 0.4) is 0 Å². The van der Waals surface area contributed by atoms with E-state index >= 15 is 0 Å². The third kappa shape index (κ3) is 3.27. The van der Waals surface area contributed by atoms with Gasteiger partial charge >= 0.3 is 0 Å². The zero-order valence-corrected chi connectivity index (χ0v) is 15.6. The highest BCUT2D eigenvalue weighted by Crippen LogP contribution is 2.18. The number of aryl methyl sites for hydroxylation is 1. The van der Waals surface area contributed by atoms with Crippen LogP contribution in [0.2, 0.25) is 0 Å². The number of nitrogens with zero attached hydrogens (tertiary/aromatic N) is 6. The molecule has 28 heavy (non-hydrogen) atoms. The van der Waals surface area contributed by atoms with Gasteiger partial charge in [0.15, 0.2) is 5.82 Å². The molecule has 1 N–H and O–H groups in total. The third-order valence-corrected chi connectivity index (χ3v) is 4.54. The van der Waals surface area contributed by atoms with Crippen molar-refractivity contribution in [2.75, 3.05) is 0 Å². The number of hydrogen-bond acceptors (Lipinski definition) is 5. The summed E-state index contributed by atoms with van der Waals surface area (Å²) in [5, 5.41) is 11.5. The van der Waals surface area contributed by atoms with Gasteiger partial charge in [0.25, 0.3) is 5.91 Å². The van der Waals surface area contributed by atoms with Crippen molar-refractivity contribution in [2.45, 2.75) is 20.4 Å². The van der Waals surface area contributed by atoms with Crippen molar-refractivity contribution in [1.82, 2.24) is 34.8 Å². The van der Waals surface area contributed by atoms with Gasteiger partial charge in [0.2, 0.25) is 0 Å². The Labute approximate surface area is 161 Å². The summed E-state index contributed by atoms with van der Waals surface area (Å²) in [4.78, 5) is 21.0. The van der Waals surface area contributed by atoms with E-state index in [4.69, 9.17) is 0 Å². The maximum Gasteiger partial charge on any atom is 0.255 e. The number of pyridine rings is 1. The number of para-hydroxylation sites is 1. The first-order valence-electron chi connectivity index (χ1n) is 8.83. The molecule has 8 nitrogen and oxygen atoms in total. The first-order chi connectivity index (χ1) is 13.6. The van der Waals surface area contributed by atoms with Crippen LogP contribution in [-0.4, -0.2) is 35.4 Å². The van der Waals surface area contributed by atoms with Crippen LogP contribution in [0.5, 0.6) is 0 Å². The molecule has 0 atom stereocenters. The molecule has 0 fully saturated rings. The van der Waals surface area contributed by atoms with Gasteiger partial charge in [0.05, 0.1) is 23.1 Å². The summed E-state index contributed by atoms with van der Waals surface area (Å²) in [6.45, 7) is 4.22. The maximum absolute atomic E-state index is 12.7. The summed E-state index contributed by atoms with van der Waals surface area (Å²) in [5.41, 5.74) is 4.21. The predicted molar refractivity (Wildman–Crippen MR) is 103 cm³/mol. The number of carbonyl (C=O) groups is 1. The van der Waals surface area contributed by atoms with Gasteiger partial charge in [-0.2, -0.15) is 10.2 Å². The van der Waals surface area contributed by atoms with E-state index < -0.39 is 0 Å². The van der Waals surface area contributed by atoms with E-state index in [0.29, 0.717) is 17.9 Å². The molecule has 1 aromatic carbocycles. The van der Waals surface area contributed by atoms with E-state index in [0.717, 1.165) is 22.5 Å². The Morgan fingerprint density at radius 3 is 2.75 bits per heavy atom. The average molecular weight is 373 g/mol. The molecule has 0 unspecified atom stereocenters. The van der Waals surface area contributed by atoms with Crippen molar-refractivity contribution in [3.63, 3.8) is 0 Å². The number of carbonyl (C=O) groups excluding carboxylic acids is 1. The van der Waals surface area contributed by atoms with E-state index in [9.17, 15) is 4.79 Å². The Hall–Kier alpha value is -3.81. The number of rotatable bonds is 5. The summed E-state index contributed by atoms with van der Waals surface area (Å²) < 4.78 is 3.36. The lowest BCUT2D eigenvalue weighted by molar-refractivity contribution is 0.0950. The molecule has 3 aromatic heterocycles. The fourth-order valence-corrected chi connectivity index (χ4v) is 3.04. The van der Waals surface area contributed by atoms with Crippen molar-refractivity contribution in [3.05, 3.63) is 83.8 Å². The van der Waals surface area contributed by atoms with E-state index in [1.165, 1.54) is 6.33 Å². The lowest BCUT2D eigenvalue weighted by Crippen LogP contribution is -2.24. The molecule has 4 rings (SSSR count). The molecular weight excluding hydrogens is 354 g/mol. The maximum atomic E-state index is 12.7. The van der Waals surface area contributed by atoms with Crippen LogP contribution in [0.15, 0.2) is 61.4 Å². The Bertz CT molecular complexity index is 1120. The number of benzene rings is 1. The molecular formula is C20H19N7O. The van der Waals surface area contributed by atoms with Crippen LogP contribution < -0.4 is 5.32 Å². The van der Waals surface area contributed by atoms with Gasteiger partial charge in [-0.3, -0.25) is 4.79 Å². The Morgan fingerprint density at radius 1 is 1.11 bits per heavy atom. The number of amides is 1. The minimum absolute atomic E-state index is 0.189. The van der Waals surface area contributed by atoms with Crippen LogP contribution in [0.25, 0.3) is 11.5 Å². The Balaban J connectivity index is 1.54. The molecule has 3 heterocycles. The van der Waals surface area contributed by atoms with E-state index in [-0.39, 0.29) is 5.91 Å². The molecule has 0 aliphatic rings. The lowest BCUT2D eigenvalue weighted by atomic mass is 10.2. The normalized spacial score (nSPS) is 10.8. The smallest absolute Gasteiger partial charge is 0.255 e. The van der Waals surface area contributed by atoms with Crippen LogP contribution in [0.1, 0.15) is 27.2 Å². The molecule has 0 radical (unpaired) electrons. The first kappa shape index (κ1) is 17.6. The van der Waals surface area contributed by atoms with E-state index in [1.807, 2.05) is 50.2 Å². The molecule has 0 spiro atoms. The van der Waals surface area contributed by atoms with Gasteiger partial charge in [-0.15, -0.1) is 0 Å². The van der Waals surface area contributed by atoms with Gasteiger partial charge in [-0.25, -0.2) is 19.3 Å². The van der Waals surface area contributed by atoms with Crippen LogP contribution in [0, 0.1) is 13.8 Å². The molecule has 4 aromatic rings. The van der Waals surface area contributed by atoms with Crippen LogP contribution in [-0.2, 0) is 6.54 Å². The summed E-state index contributed by atoms with van der Waals surface area (Å²) in [6, 6.07) is 11.7. The molecule has 1 amide bonds. The summed E-state index contributed by atoms with van der Waals surface area (Å²) in [7, 11) is 0. The standard InChI is InChI=1S/C20H19N7O/c1-14-6-3-4-8-18(14)27-15(2)17(11-24-27)20(28)23-10-16-7-5-9-22-19(16)26-13-21-12-25-26/h3-9,11-13H,10H2,1-2H3,(H,23,28). The van der Waals surface area contributed by atoms with Crippen LogP contribution in [0.4, 0.5) is 0 Å². The van der Waals surface area contributed by atoms with E-state index in [2.05, 4.69) is 25.5 Å². The van der Waals surface area contributed by atoms with Crippen molar-refractivity contribution in [1.29, 1.82) is 0 Å². The second kappa shape index (κ2) is 7.43. The Morgan fingerprint density at radius 2 is 1.96 bits per heavy atom. The molecule has 0 saturated carbocycles. The highest BCUT2D eigenvalue weighted by molar-refractivity contribution is 5.95. The summed E-state index contributed by atoms with van der Waals surface area (Å²) >= 11 is 0. The van der Waals surface area contributed by atoms with E-state index in [1.54, 1.807) is 28.1 Å². The van der Waals surface area contributed by atoms with Gasteiger partial charge in [0.1, 0.15) is 12.7 Å². The summed E-state index contributed by atoms with van der Waals surface area (Å²) in [5.74, 6) is 0.443. The highest BCUT2D eigenvalue weighted by atomic mass is 16.1. The quantitative estimate of drug-likeness (QED) is 0.580. The van der Waals surface area contributed by atoms with Gasteiger partial charge in [-0.1, -0.05) is 24.3 Å². The van der Waals surface area contributed by atoms with Crippen LogP contribution >= 0.6 is 0 Å². The fraction of sp³-hybridized carbons (Fsp3) is 0.150. The second-order valence-corrected chi connectivity index (χ2v) is 6.35. The molecule has 140 valence electrons. The number of nitrogens with one attached hydrogen (secondary N) is 1. The monoisotopic (exact) mass is 373 g/mol. The zero-order chi connectivity index (χ0) is 19.5. The topological polar surface area (TPSA) is 90.5 Å². The molecule has 0 aliphatic carbocycles. The SMILES string of the molecule is Cc1ccccc1-n1ncc(C(=O)NCc2cccnc2-n2cncn2)c1C. The average Bonchev–Trinajstić information content (AvgIpc) is 3.37. The second-order valence-electron chi connectivity index (χ2n) is 6.35. The fourth-order valence-electron chi connectivity index (χ4n) is 3.04. The highest BCUT2D eigenvalue weighted by Gasteiger charge is 2.16. The molecule has 0 saturated heterocycles. The Kier molecular flexibility index (Phi) is 4.67. The van der Waals surface area contributed by atoms with Crippen molar-refractivity contribution < 1.29 is 4.79 Å². The third-order valence-electron chi connectivity index (χ3n) is 4.54. The molecule has 0 aliphatic heterocycles. The minimum Gasteiger partial charge on any atom is -0.348 e. The van der Waals surface area contributed by atoms with Crippen molar-refractivity contribution in [2.24, 2.45) is 0 Å². The predicted octanol–water partition coefficient (Wildman–Crippen LogP) is 2.39. The zero-order valence-electron chi connectivity index (χ0n) is 15.6. The largest absolute Gasteiger partial charge is 0.348 e. The molecule has 0 bridgehead atoms. The van der Waals surface area contributed by atoms with Gasteiger partial charge in [-0.05, 0) is 31.5 Å². The van der Waals surface area contributed by atoms with Crippen molar-refractivity contribution >= 4 is 5.91 Å². The van der Waals surface area contributed by atoms with Gasteiger partial charge in [0, 0.05) is 18.3 Å². The van der Waals surface area contributed by atoms with Gasteiger partial charge < -0.3 is 5.32 Å². The summed E-state index contributed by atoms with van der Waals surface area (Å²) in [6.07, 6.45) is 6.29.